The molecule has 0 radical (unpaired) electrons. The van der Waals surface area contributed by atoms with E-state index in [1.807, 2.05) is 0 Å². The summed E-state index contributed by atoms with van der Waals surface area (Å²) in [6.07, 6.45) is 2.88. The number of piperidine rings is 1. The Morgan fingerprint density at radius 1 is 1.33 bits per heavy atom. The van der Waals surface area contributed by atoms with Crippen molar-refractivity contribution in [2.45, 2.75) is 19.8 Å². The number of amides is 2. The molecule has 2 N–H and O–H groups in total. The number of primary amides is 1. The molecule has 24 heavy (non-hydrogen) atoms. The number of aromatic nitrogens is 2. The molecule has 0 unspecified atom stereocenters. The standard InChI is InChI=1S/C17H19FN4O2/c1-11-13(9-20-22(11)15-7-3-2-6-14(15)18)17(24)21-8-4-5-12(10-21)16(19)23/h2-3,6-7,9,12H,4-5,8,10H2,1H3,(H2,19,23)/t12-/m0/s1. The average Bonchev–Trinajstić information content (AvgIpc) is 2.96. The molecule has 2 amide bonds. The Balaban J connectivity index is 1.87. The van der Waals surface area contributed by atoms with Gasteiger partial charge in [0.15, 0.2) is 0 Å². The van der Waals surface area contributed by atoms with Crippen LogP contribution in [0, 0.1) is 18.7 Å². The van der Waals surface area contributed by atoms with Crippen LogP contribution < -0.4 is 5.73 Å². The molecule has 1 fully saturated rings. The number of nitrogens with zero attached hydrogens (tertiary/aromatic N) is 3. The normalized spacial score (nSPS) is 17.8. The minimum absolute atomic E-state index is 0.207. The van der Waals surface area contributed by atoms with Crippen LogP contribution in [0.4, 0.5) is 4.39 Å². The maximum absolute atomic E-state index is 14.0. The predicted molar refractivity (Wildman–Crippen MR) is 86.1 cm³/mol. The molecule has 0 bridgehead atoms. The first-order valence-electron chi connectivity index (χ1n) is 7.87. The summed E-state index contributed by atoms with van der Waals surface area (Å²) in [5, 5.41) is 4.15. The number of benzene rings is 1. The number of para-hydroxylation sites is 1. The lowest BCUT2D eigenvalue weighted by Crippen LogP contribution is -2.44. The van der Waals surface area contributed by atoms with Crippen molar-refractivity contribution in [1.29, 1.82) is 0 Å². The number of rotatable bonds is 3. The highest BCUT2D eigenvalue weighted by molar-refractivity contribution is 5.95. The van der Waals surface area contributed by atoms with E-state index in [4.69, 9.17) is 5.73 Å². The summed E-state index contributed by atoms with van der Waals surface area (Å²) in [7, 11) is 0. The first-order chi connectivity index (χ1) is 11.5. The van der Waals surface area contributed by atoms with Crippen molar-refractivity contribution in [2.75, 3.05) is 13.1 Å². The van der Waals surface area contributed by atoms with E-state index in [-0.39, 0.29) is 17.7 Å². The summed E-state index contributed by atoms with van der Waals surface area (Å²) in [5.74, 6) is -1.31. The van der Waals surface area contributed by atoms with Crippen molar-refractivity contribution in [3.8, 4) is 5.69 Å². The Labute approximate surface area is 139 Å². The van der Waals surface area contributed by atoms with Crippen molar-refractivity contribution < 1.29 is 14.0 Å². The van der Waals surface area contributed by atoms with Gasteiger partial charge in [0.05, 0.1) is 23.4 Å². The molecule has 0 saturated carbocycles. The summed E-state index contributed by atoms with van der Waals surface area (Å²) in [5.41, 5.74) is 6.62. The molecule has 1 atom stereocenters. The molecule has 3 rings (SSSR count). The van der Waals surface area contributed by atoms with Gasteiger partial charge in [0.25, 0.3) is 5.91 Å². The average molecular weight is 330 g/mol. The van der Waals surface area contributed by atoms with Gasteiger partial charge in [-0.2, -0.15) is 5.10 Å². The molecule has 0 spiro atoms. The highest BCUT2D eigenvalue weighted by atomic mass is 19.1. The quantitative estimate of drug-likeness (QED) is 0.929. The van der Waals surface area contributed by atoms with Gasteiger partial charge in [0, 0.05) is 13.1 Å². The molecule has 7 heteroatoms. The lowest BCUT2D eigenvalue weighted by atomic mass is 9.97. The van der Waals surface area contributed by atoms with Gasteiger partial charge in [-0.05, 0) is 31.9 Å². The van der Waals surface area contributed by atoms with Crippen LogP contribution in [0.2, 0.25) is 0 Å². The Bertz CT molecular complexity index is 787. The molecule has 126 valence electrons. The number of likely N-dealkylation sites (tertiary alicyclic amines) is 1. The van der Waals surface area contributed by atoms with Gasteiger partial charge < -0.3 is 10.6 Å². The van der Waals surface area contributed by atoms with E-state index < -0.39 is 5.82 Å². The summed E-state index contributed by atoms with van der Waals surface area (Å²) in [6.45, 7) is 2.62. The van der Waals surface area contributed by atoms with E-state index in [0.29, 0.717) is 36.5 Å². The van der Waals surface area contributed by atoms with Crippen LogP contribution in [0.3, 0.4) is 0 Å². The fourth-order valence-electron chi connectivity index (χ4n) is 3.05. The fourth-order valence-corrected chi connectivity index (χ4v) is 3.05. The van der Waals surface area contributed by atoms with Crippen molar-refractivity contribution in [3.63, 3.8) is 0 Å². The number of nitrogens with two attached hydrogens (primary N) is 1. The summed E-state index contributed by atoms with van der Waals surface area (Å²) < 4.78 is 15.4. The zero-order valence-corrected chi connectivity index (χ0v) is 13.4. The summed E-state index contributed by atoms with van der Waals surface area (Å²) >= 11 is 0. The molecule has 0 aliphatic carbocycles. The van der Waals surface area contributed by atoms with Gasteiger partial charge in [-0.3, -0.25) is 9.59 Å². The highest BCUT2D eigenvalue weighted by Crippen LogP contribution is 2.22. The molecule has 2 heterocycles. The number of halogens is 1. The van der Waals surface area contributed by atoms with Gasteiger partial charge in [-0.1, -0.05) is 12.1 Å². The maximum atomic E-state index is 14.0. The van der Waals surface area contributed by atoms with Gasteiger partial charge in [-0.25, -0.2) is 9.07 Å². The predicted octanol–water partition coefficient (Wildman–Crippen LogP) is 1.66. The highest BCUT2D eigenvalue weighted by Gasteiger charge is 2.29. The topological polar surface area (TPSA) is 81.2 Å². The zero-order valence-electron chi connectivity index (χ0n) is 13.4. The van der Waals surface area contributed by atoms with Crippen LogP contribution in [-0.2, 0) is 4.79 Å². The largest absolute Gasteiger partial charge is 0.369 e. The van der Waals surface area contributed by atoms with E-state index in [9.17, 15) is 14.0 Å². The van der Waals surface area contributed by atoms with Gasteiger partial charge in [0.2, 0.25) is 5.91 Å². The number of carbonyl (C=O) groups excluding carboxylic acids is 2. The van der Waals surface area contributed by atoms with Crippen molar-refractivity contribution >= 4 is 11.8 Å². The lowest BCUT2D eigenvalue weighted by Gasteiger charge is -2.31. The van der Waals surface area contributed by atoms with E-state index in [1.54, 1.807) is 30.0 Å². The first-order valence-corrected chi connectivity index (χ1v) is 7.87. The third-order valence-corrected chi connectivity index (χ3v) is 4.43. The van der Waals surface area contributed by atoms with E-state index in [2.05, 4.69) is 5.10 Å². The second-order valence-electron chi connectivity index (χ2n) is 6.00. The van der Waals surface area contributed by atoms with Crippen molar-refractivity contribution in [1.82, 2.24) is 14.7 Å². The van der Waals surface area contributed by atoms with E-state index >= 15 is 0 Å². The first kappa shape index (κ1) is 16.2. The molecule has 2 aromatic rings. The molecule has 1 aromatic heterocycles. The minimum atomic E-state index is -0.408. The molecule has 1 aliphatic rings. The van der Waals surface area contributed by atoms with Crippen molar-refractivity contribution in [3.05, 3.63) is 47.5 Å². The molecule has 1 aromatic carbocycles. The minimum Gasteiger partial charge on any atom is -0.369 e. The SMILES string of the molecule is Cc1c(C(=O)N2CCC[C@H](C(N)=O)C2)cnn1-c1ccccc1F. The van der Waals surface area contributed by atoms with E-state index in [1.165, 1.54) is 16.9 Å². The molecular formula is C17H19FN4O2. The van der Waals surface area contributed by atoms with Crippen molar-refractivity contribution in [2.24, 2.45) is 11.7 Å². The molecule has 1 saturated heterocycles. The van der Waals surface area contributed by atoms with Crippen LogP contribution in [0.5, 0.6) is 0 Å². The van der Waals surface area contributed by atoms with Crippen LogP contribution in [0.25, 0.3) is 5.69 Å². The lowest BCUT2D eigenvalue weighted by molar-refractivity contribution is -0.123. The van der Waals surface area contributed by atoms with Gasteiger partial charge >= 0.3 is 0 Å². The number of carbonyl (C=O) groups is 2. The molecular weight excluding hydrogens is 311 g/mol. The number of hydrogen-bond donors (Lipinski definition) is 1. The third-order valence-electron chi connectivity index (χ3n) is 4.43. The summed E-state index contributed by atoms with van der Waals surface area (Å²) in [6, 6.07) is 6.26. The van der Waals surface area contributed by atoms with Gasteiger partial charge in [-0.15, -0.1) is 0 Å². The second kappa shape index (κ2) is 6.43. The monoisotopic (exact) mass is 330 g/mol. The molecule has 1 aliphatic heterocycles. The smallest absolute Gasteiger partial charge is 0.257 e. The third kappa shape index (κ3) is 2.89. The van der Waals surface area contributed by atoms with Crippen LogP contribution in [0.1, 0.15) is 28.9 Å². The number of hydrogen-bond acceptors (Lipinski definition) is 3. The van der Waals surface area contributed by atoms with Crippen LogP contribution >= 0.6 is 0 Å². The summed E-state index contributed by atoms with van der Waals surface area (Å²) in [4.78, 5) is 25.7. The maximum Gasteiger partial charge on any atom is 0.257 e. The van der Waals surface area contributed by atoms with Gasteiger partial charge in [0.1, 0.15) is 11.5 Å². The van der Waals surface area contributed by atoms with Crippen LogP contribution in [-0.4, -0.2) is 39.6 Å². The van der Waals surface area contributed by atoms with Crippen LogP contribution in [0.15, 0.2) is 30.5 Å². The van der Waals surface area contributed by atoms with E-state index in [0.717, 1.165) is 6.42 Å². The Kier molecular flexibility index (Phi) is 4.33. The Hall–Kier alpha value is -2.70. The fraction of sp³-hybridized carbons (Fsp3) is 0.353. The Morgan fingerprint density at radius 3 is 2.79 bits per heavy atom. The second-order valence-corrected chi connectivity index (χ2v) is 6.00. The molecule has 6 nitrogen and oxygen atoms in total. The Morgan fingerprint density at radius 2 is 2.08 bits per heavy atom. The zero-order chi connectivity index (χ0) is 17.3.